The van der Waals surface area contributed by atoms with Gasteiger partial charge in [-0.05, 0) is 69.9 Å². The van der Waals surface area contributed by atoms with Crippen LogP contribution >= 0.6 is 0 Å². The van der Waals surface area contributed by atoms with Crippen molar-refractivity contribution in [3.05, 3.63) is 65.2 Å². The number of carbonyl (C=O) groups is 2. The van der Waals surface area contributed by atoms with E-state index in [0.29, 0.717) is 30.0 Å². The summed E-state index contributed by atoms with van der Waals surface area (Å²) < 4.78 is 5.63. The molecule has 31 heavy (non-hydrogen) atoms. The van der Waals surface area contributed by atoms with E-state index < -0.39 is 17.7 Å². The number of hydrogen-bond acceptors (Lipinski definition) is 6. The van der Waals surface area contributed by atoms with Crippen LogP contribution in [0.3, 0.4) is 0 Å². The molecule has 1 amide bonds. The molecule has 0 spiro atoms. The van der Waals surface area contributed by atoms with E-state index >= 15 is 0 Å². The minimum atomic E-state index is -0.743. The highest BCUT2D eigenvalue weighted by atomic mass is 16.5. The molecule has 2 aromatic rings. The molecule has 2 N–H and O–H groups in total. The minimum absolute atomic E-state index is 0.0102. The molecule has 0 aliphatic carbocycles. The van der Waals surface area contributed by atoms with E-state index in [1.807, 2.05) is 32.8 Å². The Hall–Kier alpha value is -3.32. The molecule has 1 aliphatic heterocycles. The number of likely N-dealkylation sites (N-methyl/N-ethyl adjacent to an activating group) is 1. The highest BCUT2D eigenvalue weighted by Crippen LogP contribution is 2.39. The molecule has 1 aliphatic rings. The van der Waals surface area contributed by atoms with E-state index in [9.17, 15) is 19.8 Å². The third kappa shape index (κ3) is 4.88. The first-order chi connectivity index (χ1) is 14.7. The minimum Gasteiger partial charge on any atom is -0.508 e. The normalized spacial score (nSPS) is 18.3. The number of likely N-dealkylation sites (tertiary alicyclic amines) is 1. The second kappa shape index (κ2) is 9.22. The van der Waals surface area contributed by atoms with Gasteiger partial charge in [0.05, 0.1) is 17.7 Å². The molecule has 1 saturated heterocycles. The van der Waals surface area contributed by atoms with Crippen LogP contribution in [0.2, 0.25) is 0 Å². The SMILES string of the molecule is CC(C)Oc1ccc(/C(O)=C2\C(=O)C(=O)N(CCN(C)C)[C@@H]2c2ccc(O)cc2)cc1. The maximum absolute atomic E-state index is 12.9. The number of phenols is 1. The fraction of sp³-hybridized carbons (Fsp3) is 0.333. The molecule has 0 saturated carbocycles. The van der Waals surface area contributed by atoms with Gasteiger partial charge in [0.25, 0.3) is 11.7 Å². The topological polar surface area (TPSA) is 90.3 Å². The molecular weight excluding hydrogens is 396 g/mol. The molecule has 0 radical (unpaired) electrons. The highest BCUT2D eigenvalue weighted by molar-refractivity contribution is 6.46. The third-order valence-electron chi connectivity index (χ3n) is 5.04. The molecule has 164 valence electrons. The molecule has 7 nitrogen and oxygen atoms in total. The second-order valence-corrected chi connectivity index (χ2v) is 8.08. The zero-order valence-corrected chi connectivity index (χ0v) is 18.2. The molecule has 1 atom stereocenters. The largest absolute Gasteiger partial charge is 0.508 e. The summed E-state index contributed by atoms with van der Waals surface area (Å²) in [5.41, 5.74) is 1.09. The van der Waals surface area contributed by atoms with Crippen LogP contribution in [0, 0.1) is 0 Å². The van der Waals surface area contributed by atoms with Gasteiger partial charge in [0.15, 0.2) is 0 Å². The van der Waals surface area contributed by atoms with Gasteiger partial charge in [-0.3, -0.25) is 9.59 Å². The molecule has 1 fully saturated rings. The third-order valence-corrected chi connectivity index (χ3v) is 5.04. The Bertz CT molecular complexity index is 978. The Morgan fingerprint density at radius 3 is 2.23 bits per heavy atom. The number of aliphatic hydroxyl groups is 1. The molecule has 2 aromatic carbocycles. The van der Waals surface area contributed by atoms with E-state index in [0.717, 1.165) is 0 Å². The van der Waals surface area contributed by atoms with E-state index in [4.69, 9.17) is 4.74 Å². The maximum atomic E-state index is 12.9. The van der Waals surface area contributed by atoms with Gasteiger partial charge >= 0.3 is 0 Å². The average molecular weight is 424 g/mol. The summed E-state index contributed by atoms with van der Waals surface area (Å²) in [5.74, 6) is -0.888. The summed E-state index contributed by atoms with van der Waals surface area (Å²) in [5, 5.41) is 20.7. The highest BCUT2D eigenvalue weighted by Gasteiger charge is 2.45. The smallest absolute Gasteiger partial charge is 0.295 e. The molecule has 0 unspecified atom stereocenters. The van der Waals surface area contributed by atoms with E-state index in [-0.39, 0.29) is 23.2 Å². The van der Waals surface area contributed by atoms with Crippen molar-refractivity contribution < 1.29 is 24.5 Å². The zero-order valence-electron chi connectivity index (χ0n) is 18.2. The Morgan fingerprint density at radius 1 is 1.06 bits per heavy atom. The lowest BCUT2D eigenvalue weighted by Gasteiger charge is -2.26. The van der Waals surface area contributed by atoms with Gasteiger partial charge in [-0.1, -0.05) is 12.1 Å². The van der Waals surface area contributed by atoms with E-state index in [2.05, 4.69) is 0 Å². The van der Waals surface area contributed by atoms with Crippen molar-refractivity contribution in [2.45, 2.75) is 26.0 Å². The Labute approximate surface area is 182 Å². The van der Waals surface area contributed by atoms with Crippen molar-refractivity contribution in [2.24, 2.45) is 0 Å². The molecule has 3 rings (SSSR count). The second-order valence-electron chi connectivity index (χ2n) is 8.08. The Balaban J connectivity index is 2.06. The number of Topliss-reactive ketones (excluding diaryl/α,β-unsaturated/α-hetero) is 1. The standard InChI is InChI=1S/C24H28N2O5/c1-15(2)31-19-11-7-17(8-12-19)22(28)20-21(16-5-9-18(27)10-6-16)26(14-13-25(3)4)24(30)23(20)29/h5-12,15,21,27-28H,13-14H2,1-4H3/b22-20+/t21-/m1/s1. The summed E-state index contributed by atoms with van der Waals surface area (Å²) in [6.07, 6.45) is 0.0102. The Kier molecular flexibility index (Phi) is 6.65. The number of benzene rings is 2. The van der Waals surface area contributed by atoms with Crippen LogP contribution in [-0.4, -0.2) is 65.0 Å². The van der Waals surface area contributed by atoms with Gasteiger partial charge in [0.2, 0.25) is 0 Å². The van der Waals surface area contributed by atoms with Gasteiger partial charge in [-0.2, -0.15) is 0 Å². The van der Waals surface area contributed by atoms with Crippen molar-refractivity contribution >= 4 is 17.4 Å². The first-order valence-electron chi connectivity index (χ1n) is 10.2. The number of aliphatic hydroxyl groups excluding tert-OH is 1. The van der Waals surface area contributed by atoms with Crippen LogP contribution in [0.25, 0.3) is 5.76 Å². The predicted molar refractivity (Wildman–Crippen MR) is 118 cm³/mol. The van der Waals surface area contributed by atoms with Gasteiger partial charge in [-0.15, -0.1) is 0 Å². The van der Waals surface area contributed by atoms with Crippen LogP contribution < -0.4 is 4.74 Å². The van der Waals surface area contributed by atoms with Crippen molar-refractivity contribution in [3.8, 4) is 11.5 Å². The van der Waals surface area contributed by atoms with Crippen LogP contribution in [0.1, 0.15) is 31.0 Å². The van der Waals surface area contributed by atoms with Gasteiger partial charge in [0, 0.05) is 18.7 Å². The van der Waals surface area contributed by atoms with Crippen LogP contribution in [0.15, 0.2) is 54.1 Å². The summed E-state index contributed by atoms with van der Waals surface area (Å²) in [7, 11) is 3.76. The fourth-order valence-corrected chi connectivity index (χ4v) is 3.54. The number of amides is 1. The Morgan fingerprint density at radius 2 is 1.68 bits per heavy atom. The first kappa shape index (κ1) is 22.4. The molecule has 0 bridgehead atoms. The van der Waals surface area contributed by atoms with Crippen LogP contribution in [0.5, 0.6) is 11.5 Å². The quantitative estimate of drug-likeness (QED) is 0.403. The molecule has 0 aromatic heterocycles. The van der Waals surface area contributed by atoms with Gasteiger partial charge < -0.3 is 24.7 Å². The first-order valence-corrected chi connectivity index (χ1v) is 10.2. The van der Waals surface area contributed by atoms with Gasteiger partial charge in [-0.25, -0.2) is 0 Å². The molecule has 7 heteroatoms. The number of ketones is 1. The number of rotatable bonds is 7. The lowest BCUT2D eigenvalue weighted by molar-refractivity contribution is -0.140. The molecular formula is C24H28N2O5. The van der Waals surface area contributed by atoms with Gasteiger partial charge in [0.1, 0.15) is 17.3 Å². The molecule has 1 heterocycles. The lowest BCUT2D eigenvalue weighted by atomic mass is 9.95. The summed E-state index contributed by atoms with van der Waals surface area (Å²) in [4.78, 5) is 29.2. The van der Waals surface area contributed by atoms with Crippen LogP contribution in [-0.2, 0) is 9.59 Å². The fourth-order valence-electron chi connectivity index (χ4n) is 3.54. The summed E-state index contributed by atoms with van der Waals surface area (Å²) in [6.45, 7) is 4.71. The zero-order chi connectivity index (χ0) is 22.7. The number of nitrogens with zero attached hydrogens (tertiary/aromatic N) is 2. The number of ether oxygens (including phenoxy) is 1. The van der Waals surface area contributed by atoms with E-state index in [1.165, 1.54) is 17.0 Å². The van der Waals surface area contributed by atoms with Crippen molar-refractivity contribution in [1.29, 1.82) is 0 Å². The van der Waals surface area contributed by atoms with Crippen molar-refractivity contribution in [3.63, 3.8) is 0 Å². The number of hydrogen-bond donors (Lipinski definition) is 2. The number of carbonyl (C=O) groups excluding carboxylic acids is 2. The van der Waals surface area contributed by atoms with Crippen molar-refractivity contribution in [1.82, 2.24) is 9.80 Å². The maximum Gasteiger partial charge on any atom is 0.295 e. The monoisotopic (exact) mass is 424 g/mol. The van der Waals surface area contributed by atoms with E-state index in [1.54, 1.807) is 36.4 Å². The number of phenolic OH excluding ortho intramolecular Hbond substituents is 1. The lowest BCUT2D eigenvalue weighted by Crippen LogP contribution is -2.35. The predicted octanol–water partition coefficient (Wildman–Crippen LogP) is 3.16. The van der Waals surface area contributed by atoms with Crippen molar-refractivity contribution in [2.75, 3.05) is 27.2 Å². The average Bonchev–Trinajstić information content (AvgIpc) is 2.97. The number of aromatic hydroxyl groups is 1. The summed E-state index contributed by atoms with van der Waals surface area (Å²) >= 11 is 0. The van der Waals surface area contributed by atoms with Crippen LogP contribution in [0.4, 0.5) is 0 Å². The summed E-state index contributed by atoms with van der Waals surface area (Å²) in [6, 6.07) is 12.3.